The summed E-state index contributed by atoms with van der Waals surface area (Å²) >= 11 is 0. The first-order valence-corrected chi connectivity index (χ1v) is 8.43. The van der Waals surface area contributed by atoms with Crippen LogP contribution in [0.15, 0.2) is 53.1 Å². The van der Waals surface area contributed by atoms with Crippen LogP contribution in [0.3, 0.4) is 0 Å². The van der Waals surface area contributed by atoms with Crippen LogP contribution in [0, 0.1) is 0 Å². The Labute approximate surface area is 153 Å². The van der Waals surface area contributed by atoms with Gasteiger partial charge in [-0.3, -0.25) is 0 Å². The highest BCUT2D eigenvalue weighted by Crippen LogP contribution is 2.31. The van der Waals surface area contributed by atoms with Crippen LogP contribution in [-0.4, -0.2) is 41.4 Å². The Bertz CT molecular complexity index is 887. The largest absolute Gasteiger partial charge is 0.416 e. The second-order valence-corrected chi connectivity index (χ2v) is 6.13. The molecule has 0 atom stereocenters. The molecule has 2 aromatic heterocycles. The summed E-state index contributed by atoms with van der Waals surface area (Å²) in [6.45, 7) is 2.89. The van der Waals surface area contributed by atoms with Crippen molar-refractivity contribution in [2.45, 2.75) is 6.18 Å². The molecular formula is C18H16F3N5O. The van der Waals surface area contributed by atoms with Gasteiger partial charge in [0.05, 0.1) is 5.56 Å². The smallest absolute Gasteiger partial charge is 0.403 e. The lowest BCUT2D eigenvalue weighted by molar-refractivity contribution is -0.137. The van der Waals surface area contributed by atoms with Gasteiger partial charge < -0.3 is 14.2 Å². The van der Waals surface area contributed by atoms with Gasteiger partial charge in [-0.15, -0.1) is 5.10 Å². The molecule has 0 radical (unpaired) electrons. The molecule has 140 valence electrons. The Kier molecular flexibility index (Phi) is 4.43. The quantitative estimate of drug-likeness (QED) is 0.699. The Morgan fingerprint density at radius 3 is 2.19 bits per heavy atom. The summed E-state index contributed by atoms with van der Waals surface area (Å²) in [6, 6.07) is 10.8. The minimum atomic E-state index is -4.37. The maximum atomic E-state index is 12.7. The monoisotopic (exact) mass is 375 g/mol. The fourth-order valence-electron chi connectivity index (χ4n) is 2.93. The molecule has 1 fully saturated rings. The van der Waals surface area contributed by atoms with Gasteiger partial charge in [-0.05, 0) is 36.4 Å². The maximum Gasteiger partial charge on any atom is 0.416 e. The third-order valence-corrected chi connectivity index (χ3v) is 4.40. The molecule has 1 aliphatic rings. The van der Waals surface area contributed by atoms with E-state index in [1.807, 2.05) is 23.1 Å². The van der Waals surface area contributed by atoms with Crippen molar-refractivity contribution in [1.82, 2.24) is 15.2 Å². The number of halogens is 3. The van der Waals surface area contributed by atoms with Crippen molar-refractivity contribution < 1.29 is 17.6 Å². The number of alkyl halides is 3. The first-order valence-electron chi connectivity index (χ1n) is 8.43. The molecule has 9 heteroatoms. The fraction of sp³-hybridized carbons (Fsp3) is 0.278. The third-order valence-electron chi connectivity index (χ3n) is 4.40. The molecular weight excluding hydrogens is 359 g/mol. The van der Waals surface area contributed by atoms with E-state index in [0.717, 1.165) is 31.0 Å². The highest BCUT2D eigenvalue weighted by atomic mass is 19.4. The number of pyridine rings is 1. The molecule has 0 N–H and O–H groups in total. The molecule has 0 saturated carbocycles. The van der Waals surface area contributed by atoms with E-state index in [2.05, 4.69) is 20.1 Å². The van der Waals surface area contributed by atoms with Gasteiger partial charge in [-0.2, -0.15) is 13.2 Å². The summed E-state index contributed by atoms with van der Waals surface area (Å²) in [4.78, 5) is 8.47. The van der Waals surface area contributed by atoms with Crippen LogP contribution >= 0.6 is 0 Å². The number of piperazine rings is 1. The van der Waals surface area contributed by atoms with Crippen LogP contribution in [-0.2, 0) is 6.18 Å². The van der Waals surface area contributed by atoms with E-state index in [1.165, 1.54) is 12.1 Å². The normalized spacial score (nSPS) is 15.2. The summed E-state index contributed by atoms with van der Waals surface area (Å²) < 4.78 is 43.6. The van der Waals surface area contributed by atoms with Crippen molar-refractivity contribution in [2.75, 3.05) is 36.0 Å². The molecule has 0 spiro atoms. The minimum absolute atomic E-state index is 0.200. The van der Waals surface area contributed by atoms with Gasteiger partial charge in [-0.1, -0.05) is 11.2 Å². The van der Waals surface area contributed by atoms with Crippen molar-refractivity contribution in [2.24, 2.45) is 0 Å². The van der Waals surface area contributed by atoms with Gasteiger partial charge in [0.1, 0.15) is 5.82 Å². The lowest BCUT2D eigenvalue weighted by Crippen LogP contribution is -2.47. The zero-order valence-corrected chi connectivity index (χ0v) is 14.2. The van der Waals surface area contributed by atoms with Crippen molar-refractivity contribution in [3.8, 4) is 11.5 Å². The second kappa shape index (κ2) is 6.90. The molecule has 27 heavy (non-hydrogen) atoms. The number of aromatic nitrogens is 3. The van der Waals surface area contributed by atoms with E-state index in [-0.39, 0.29) is 5.89 Å². The standard InChI is InChI=1S/C18H16F3N5O/c19-18(20,21)14-6-4-13(5-7-14)16-23-24-17(27-16)26-11-9-25(10-12-26)15-3-1-2-8-22-15/h1-8H,9-12H2. The molecule has 6 nitrogen and oxygen atoms in total. The Hall–Kier alpha value is -3.10. The van der Waals surface area contributed by atoms with Crippen molar-refractivity contribution in [3.05, 3.63) is 54.2 Å². The van der Waals surface area contributed by atoms with Gasteiger partial charge >= 0.3 is 12.2 Å². The summed E-state index contributed by atoms with van der Waals surface area (Å²) in [5, 5.41) is 8.00. The van der Waals surface area contributed by atoms with Crippen LogP contribution in [0.1, 0.15) is 5.56 Å². The predicted octanol–water partition coefficient (Wildman–Crippen LogP) is 3.48. The molecule has 1 aromatic carbocycles. The number of hydrogen-bond donors (Lipinski definition) is 0. The predicted molar refractivity (Wildman–Crippen MR) is 93.4 cm³/mol. The van der Waals surface area contributed by atoms with Gasteiger partial charge in [0, 0.05) is 37.9 Å². The first kappa shape index (κ1) is 17.3. The molecule has 3 heterocycles. The number of rotatable bonds is 3. The summed E-state index contributed by atoms with van der Waals surface area (Å²) in [5.41, 5.74) is -0.259. The van der Waals surface area contributed by atoms with E-state index in [1.54, 1.807) is 6.20 Å². The number of anilines is 2. The number of nitrogens with zero attached hydrogens (tertiary/aromatic N) is 5. The Morgan fingerprint density at radius 1 is 0.852 bits per heavy atom. The van der Waals surface area contributed by atoms with E-state index >= 15 is 0 Å². The minimum Gasteiger partial charge on any atom is -0.403 e. The van der Waals surface area contributed by atoms with Crippen molar-refractivity contribution in [1.29, 1.82) is 0 Å². The fourth-order valence-corrected chi connectivity index (χ4v) is 2.93. The van der Waals surface area contributed by atoms with Gasteiger partial charge in [-0.25, -0.2) is 4.98 Å². The summed E-state index contributed by atoms with van der Waals surface area (Å²) in [5.74, 6) is 1.12. The van der Waals surface area contributed by atoms with E-state index in [0.29, 0.717) is 24.7 Å². The van der Waals surface area contributed by atoms with Crippen LogP contribution in [0.25, 0.3) is 11.5 Å². The van der Waals surface area contributed by atoms with E-state index in [9.17, 15) is 13.2 Å². The zero-order chi connectivity index (χ0) is 18.9. The molecule has 1 saturated heterocycles. The number of hydrogen-bond acceptors (Lipinski definition) is 6. The first-order chi connectivity index (χ1) is 13.0. The number of benzene rings is 1. The summed E-state index contributed by atoms with van der Waals surface area (Å²) in [6.07, 6.45) is -2.61. The van der Waals surface area contributed by atoms with Crippen LogP contribution in [0.5, 0.6) is 0 Å². The molecule has 0 unspecified atom stereocenters. The molecule has 1 aliphatic heterocycles. The van der Waals surface area contributed by atoms with E-state index in [4.69, 9.17) is 4.42 Å². The van der Waals surface area contributed by atoms with E-state index < -0.39 is 11.7 Å². The lowest BCUT2D eigenvalue weighted by atomic mass is 10.1. The van der Waals surface area contributed by atoms with Crippen molar-refractivity contribution in [3.63, 3.8) is 0 Å². The van der Waals surface area contributed by atoms with Crippen LogP contribution < -0.4 is 9.80 Å². The van der Waals surface area contributed by atoms with Gasteiger partial charge in [0.2, 0.25) is 5.89 Å². The molecule has 3 aromatic rings. The zero-order valence-electron chi connectivity index (χ0n) is 14.2. The third kappa shape index (κ3) is 3.71. The molecule has 0 aliphatic carbocycles. The lowest BCUT2D eigenvalue weighted by Gasteiger charge is -2.34. The maximum absolute atomic E-state index is 12.7. The highest BCUT2D eigenvalue weighted by molar-refractivity contribution is 5.54. The van der Waals surface area contributed by atoms with Gasteiger partial charge in [0.25, 0.3) is 0 Å². The molecule has 0 bridgehead atoms. The van der Waals surface area contributed by atoms with Crippen molar-refractivity contribution >= 4 is 11.8 Å². The van der Waals surface area contributed by atoms with Gasteiger partial charge in [0.15, 0.2) is 0 Å². The average Bonchev–Trinajstić information content (AvgIpc) is 3.18. The average molecular weight is 375 g/mol. The topological polar surface area (TPSA) is 58.3 Å². The molecule has 4 rings (SSSR count). The Balaban J connectivity index is 1.43. The van der Waals surface area contributed by atoms with Crippen LogP contribution in [0.2, 0.25) is 0 Å². The van der Waals surface area contributed by atoms with Crippen LogP contribution in [0.4, 0.5) is 25.0 Å². The SMILES string of the molecule is FC(F)(F)c1ccc(-c2nnc(N3CCN(c4ccccn4)CC3)o2)cc1. The second-order valence-electron chi connectivity index (χ2n) is 6.13. The summed E-state index contributed by atoms with van der Waals surface area (Å²) in [7, 11) is 0. The molecule has 0 amide bonds. The highest BCUT2D eigenvalue weighted by Gasteiger charge is 2.30. The Morgan fingerprint density at radius 2 is 1.56 bits per heavy atom.